The van der Waals surface area contributed by atoms with Gasteiger partial charge in [-0.25, -0.2) is 0 Å². The largest absolute Gasteiger partial charge is 0.394 e. The Morgan fingerprint density at radius 3 is 0.926 bits per heavy atom. The molecule has 4 atom stereocenters. The van der Waals surface area contributed by atoms with E-state index in [1.54, 1.807) is 0 Å². The van der Waals surface area contributed by atoms with E-state index in [0.29, 0.717) is 12.8 Å². The first-order chi connectivity index (χ1) is 33.5. The first-order valence-electron chi connectivity index (χ1n) is 30.7. The van der Waals surface area contributed by atoms with Gasteiger partial charge in [0.05, 0.1) is 18.8 Å². The van der Waals surface area contributed by atoms with Crippen LogP contribution in [0.15, 0.2) is 24.3 Å². The maximum atomic E-state index is 12.6. The fourth-order valence-corrected chi connectivity index (χ4v) is 9.85. The summed E-state index contributed by atoms with van der Waals surface area (Å²) in [5.74, 6) is -0.579. The van der Waals surface area contributed by atoms with Crippen molar-refractivity contribution in [2.75, 3.05) is 6.61 Å². The molecule has 404 valence electrons. The predicted molar refractivity (Wildman–Crippen MR) is 298 cm³/mol. The number of carbonyl (C=O) groups is 1. The molecular formula is C62H121NO5. The lowest BCUT2D eigenvalue weighted by Crippen LogP contribution is -2.53. The van der Waals surface area contributed by atoms with Crippen molar-refractivity contribution in [3.05, 3.63) is 24.3 Å². The van der Waals surface area contributed by atoms with Gasteiger partial charge in [-0.1, -0.05) is 314 Å². The summed E-state index contributed by atoms with van der Waals surface area (Å²) in [6.45, 7) is 4.10. The first kappa shape index (κ1) is 66.8. The van der Waals surface area contributed by atoms with Crippen LogP contribution in [-0.2, 0) is 4.79 Å². The quantitative estimate of drug-likeness (QED) is 0.0308. The summed E-state index contributed by atoms with van der Waals surface area (Å²) < 4.78 is 0. The van der Waals surface area contributed by atoms with Crippen LogP contribution < -0.4 is 5.32 Å². The molecule has 0 spiro atoms. The molecular weight excluding hydrogens is 839 g/mol. The smallest absolute Gasteiger partial charge is 0.249 e. The third-order valence-electron chi connectivity index (χ3n) is 14.7. The molecule has 0 saturated carbocycles. The lowest BCUT2D eigenvalue weighted by atomic mass is 9.99. The summed E-state index contributed by atoms with van der Waals surface area (Å²) in [5.41, 5.74) is 0. The van der Waals surface area contributed by atoms with Gasteiger partial charge in [-0.2, -0.15) is 0 Å². The summed E-state index contributed by atoms with van der Waals surface area (Å²) in [5, 5.41) is 44.1. The van der Waals surface area contributed by atoms with Gasteiger partial charge >= 0.3 is 0 Å². The zero-order chi connectivity index (χ0) is 49.5. The van der Waals surface area contributed by atoms with E-state index < -0.39 is 36.9 Å². The summed E-state index contributed by atoms with van der Waals surface area (Å²) in [4.78, 5) is 12.6. The summed E-state index contributed by atoms with van der Waals surface area (Å²) >= 11 is 0. The number of carbonyl (C=O) groups excluding carboxylic acids is 1. The SMILES string of the molecule is CCCCCCCCCCC/C=C\C/C=C\CCCCCCCCCCCCCCCCC(O)C(=O)NC(CO)C(O)C(O)CCCCCCCCCCCCCCCCCCCCCCCC. The van der Waals surface area contributed by atoms with Gasteiger partial charge in [0.2, 0.25) is 5.91 Å². The van der Waals surface area contributed by atoms with Gasteiger partial charge in [0.1, 0.15) is 12.2 Å². The second-order valence-electron chi connectivity index (χ2n) is 21.4. The van der Waals surface area contributed by atoms with Crippen molar-refractivity contribution in [1.29, 1.82) is 0 Å². The van der Waals surface area contributed by atoms with E-state index in [0.717, 1.165) is 44.9 Å². The molecule has 0 aromatic carbocycles. The highest BCUT2D eigenvalue weighted by Gasteiger charge is 2.28. The third-order valence-corrected chi connectivity index (χ3v) is 14.7. The number of hydrogen-bond donors (Lipinski definition) is 5. The predicted octanol–water partition coefficient (Wildman–Crippen LogP) is 18.2. The number of rotatable bonds is 57. The van der Waals surface area contributed by atoms with E-state index in [1.807, 2.05) is 0 Å². The van der Waals surface area contributed by atoms with Crippen LogP contribution in [0, 0.1) is 0 Å². The van der Waals surface area contributed by atoms with Gasteiger partial charge in [-0.05, 0) is 44.9 Å². The fourth-order valence-electron chi connectivity index (χ4n) is 9.85. The molecule has 4 unspecified atom stereocenters. The van der Waals surface area contributed by atoms with Gasteiger partial charge in [-0.15, -0.1) is 0 Å². The van der Waals surface area contributed by atoms with Gasteiger partial charge in [0, 0.05) is 0 Å². The van der Waals surface area contributed by atoms with Crippen molar-refractivity contribution in [1.82, 2.24) is 5.32 Å². The number of nitrogens with one attached hydrogen (secondary N) is 1. The average molecular weight is 961 g/mol. The van der Waals surface area contributed by atoms with E-state index in [1.165, 1.54) is 263 Å². The number of aliphatic hydroxyl groups is 4. The second-order valence-corrected chi connectivity index (χ2v) is 21.4. The van der Waals surface area contributed by atoms with E-state index in [-0.39, 0.29) is 0 Å². The molecule has 0 aromatic rings. The maximum absolute atomic E-state index is 12.6. The standard InChI is InChI=1S/C62H121NO5/c1-3-5-7-9-11-13-15-17-19-21-23-25-27-28-29-30-31-32-33-34-36-38-40-42-44-46-48-50-52-54-56-60(66)62(68)63-58(57-64)61(67)59(65)55-53-51-49-47-45-43-41-39-37-35-26-24-22-20-18-16-14-12-10-8-6-4-2/h23,25,28-29,58-61,64-67H,3-22,24,26-27,30-57H2,1-2H3,(H,63,68)/b25-23-,29-28-. The van der Waals surface area contributed by atoms with Crippen molar-refractivity contribution in [2.45, 2.75) is 359 Å². The van der Waals surface area contributed by atoms with Crippen LogP contribution in [0.5, 0.6) is 0 Å². The molecule has 0 rings (SSSR count). The molecule has 0 aliphatic carbocycles. The van der Waals surface area contributed by atoms with Crippen LogP contribution in [0.2, 0.25) is 0 Å². The van der Waals surface area contributed by atoms with Crippen LogP contribution >= 0.6 is 0 Å². The van der Waals surface area contributed by atoms with Crippen molar-refractivity contribution in [3.8, 4) is 0 Å². The summed E-state index contributed by atoms with van der Waals surface area (Å²) in [6.07, 6.45) is 69.7. The molecule has 0 saturated heterocycles. The number of allylic oxidation sites excluding steroid dienone is 4. The van der Waals surface area contributed by atoms with E-state index in [2.05, 4.69) is 43.5 Å². The topological polar surface area (TPSA) is 110 Å². The molecule has 0 heterocycles. The van der Waals surface area contributed by atoms with E-state index in [4.69, 9.17) is 0 Å². The maximum Gasteiger partial charge on any atom is 0.249 e. The minimum atomic E-state index is -1.26. The van der Waals surface area contributed by atoms with E-state index in [9.17, 15) is 25.2 Å². The van der Waals surface area contributed by atoms with Crippen molar-refractivity contribution in [3.63, 3.8) is 0 Å². The Hall–Kier alpha value is -1.21. The van der Waals surface area contributed by atoms with Crippen molar-refractivity contribution >= 4 is 5.91 Å². The molecule has 1 amide bonds. The Morgan fingerprint density at radius 1 is 0.368 bits per heavy atom. The molecule has 6 nitrogen and oxygen atoms in total. The van der Waals surface area contributed by atoms with Crippen LogP contribution in [0.3, 0.4) is 0 Å². The molecule has 5 N–H and O–H groups in total. The monoisotopic (exact) mass is 960 g/mol. The Morgan fingerprint density at radius 2 is 0.632 bits per heavy atom. The van der Waals surface area contributed by atoms with Crippen LogP contribution in [0.1, 0.15) is 335 Å². The zero-order valence-corrected chi connectivity index (χ0v) is 45.9. The zero-order valence-electron chi connectivity index (χ0n) is 45.9. The number of unbranched alkanes of at least 4 members (excludes halogenated alkanes) is 44. The van der Waals surface area contributed by atoms with Crippen molar-refractivity contribution in [2.24, 2.45) is 0 Å². The Kier molecular flexibility index (Phi) is 55.7. The number of hydrogen-bond acceptors (Lipinski definition) is 5. The lowest BCUT2D eigenvalue weighted by molar-refractivity contribution is -0.132. The number of amides is 1. The molecule has 0 bridgehead atoms. The Bertz CT molecular complexity index is 1030. The van der Waals surface area contributed by atoms with E-state index >= 15 is 0 Å². The average Bonchev–Trinajstić information content (AvgIpc) is 3.34. The minimum absolute atomic E-state index is 0.371. The highest BCUT2D eigenvalue weighted by Crippen LogP contribution is 2.19. The minimum Gasteiger partial charge on any atom is -0.394 e. The van der Waals surface area contributed by atoms with Crippen LogP contribution in [0.25, 0.3) is 0 Å². The highest BCUT2D eigenvalue weighted by atomic mass is 16.3. The Balaban J connectivity index is 3.58. The van der Waals surface area contributed by atoms with Crippen molar-refractivity contribution < 1.29 is 25.2 Å². The third kappa shape index (κ3) is 49.8. The number of aliphatic hydroxyl groups excluding tert-OH is 4. The normalized spacial score (nSPS) is 13.8. The lowest BCUT2D eigenvalue weighted by Gasteiger charge is -2.27. The molecule has 0 fully saturated rings. The van der Waals surface area contributed by atoms with Gasteiger partial charge < -0.3 is 25.7 Å². The van der Waals surface area contributed by atoms with Gasteiger partial charge in [-0.3, -0.25) is 4.79 Å². The molecule has 0 aliphatic rings. The second kappa shape index (κ2) is 56.7. The molecule has 6 heteroatoms. The van der Waals surface area contributed by atoms with Gasteiger partial charge in [0.25, 0.3) is 0 Å². The Labute approximate surface area is 425 Å². The van der Waals surface area contributed by atoms with Crippen LogP contribution in [-0.4, -0.2) is 57.3 Å². The fraction of sp³-hybridized carbons (Fsp3) is 0.919. The molecule has 0 radical (unpaired) electrons. The van der Waals surface area contributed by atoms with Crippen LogP contribution in [0.4, 0.5) is 0 Å². The highest BCUT2D eigenvalue weighted by molar-refractivity contribution is 5.80. The molecule has 0 aromatic heterocycles. The van der Waals surface area contributed by atoms with Gasteiger partial charge in [0.15, 0.2) is 0 Å². The molecule has 68 heavy (non-hydrogen) atoms. The molecule has 0 aliphatic heterocycles. The summed E-state index contributed by atoms with van der Waals surface area (Å²) in [7, 11) is 0. The summed E-state index contributed by atoms with van der Waals surface area (Å²) in [6, 6.07) is -0.985. The first-order valence-corrected chi connectivity index (χ1v) is 30.7.